The highest BCUT2D eigenvalue weighted by Crippen LogP contribution is 2.63. The van der Waals surface area contributed by atoms with E-state index in [-0.39, 0.29) is 0 Å². The summed E-state index contributed by atoms with van der Waals surface area (Å²) in [5.41, 5.74) is 14.8. The van der Waals surface area contributed by atoms with Gasteiger partial charge in [0.05, 0.1) is 16.7 Å². The maximum absolute atomic E-state index is 6.93. The smallest absolute Gasteiger partial charge is 0.163 e. The largest absolute Gasteiger partial charge is 0.456 e. The number of hydrogen-bond donors (Lipinski definition) is 0. The third-order valence-electron chi connectivity index (χ3n) is 9.77. The number of rotatable bonds is 3. The zero-order valence-corrected chi connectivity index (χ0v) is 26.5. The summed E-state index contributed by atoms with van der Waals surface area (Å²) in [5.74, 6) is 2.28. The van der Waals surface area contributed by atoms with Crippen LogP contribution in [0.25, 0.3) is 44.9 Å². The van der Waals surface area contributed by atoms with Crippen LogP contribution in [0.4, 0.5) is 0 Å². The van der Waals surface area contributed by atoms with Crippen molar-refractivity contribution in [1.29, 1.82) is 0 Å². The molecule has 1 aliphatic heterocycles. The molecule has 0 N–H and O–H groups in total. The summed E-state index contributed by atoms with van der Waals surface area (Å²) < 4.78 is 6.93. The maximum atomic E-state index is 6.93. The van der Waals surface area contributed by atoms with Crippen molar-refractivity contribution in [3.63, 3.8) is 0 Å². The first-order valence-electron chi connectivity index (χ1n) is 16.0. The maximum Gasteiger partial charge on any atom is 0.163 e. The number of aryl methyl sites for hydroxylation is 3. The highest BCUT2D eigenvalue weighted by molar-refractivity contribution is 5.91. The molecule has 3 heterocycles. The number of nitrogens with zero attached hydrogens (tertiary/aromatic N) is 3. The fourth-order valence-corrected chi connectivity index (χ4v) is 7.83. The zero-order valence-electron chi connectivity index (χ0n) is 26.5. The number of pyridine rings is 1. The predicted molar refractivity (Wildman–Crippen MR) is 188 cm³/mol. The molecule has 0 amide bonds. The highest BCUT2D eigenvalue weighted by Gasteiger charge is 2.51. The average Bonchev–Trinajstić information content (AvgIpc) is 3.38. The van der Waals surface area contributed by atoms with Crippen molar-refractivity contribution in [2.75, 3.05) is 0 Å². The highest BCUT2D eigenvalue weighted by atomic mass is 16.5. The minimum atomic E-state index is -0.613. The van der Waals surface area contributed by atoms with Crippen LogP contribution in [-0.2, 0) is 5.41 Å². The molecule has 0 saturated heterocycles. The fraction of sp³-hybridized carbons (Fsp3) is 0.0930. The van der Waals surface area contributed by atoms with E-state index in [0.29, 0.717) is 5.82 Å². The molecule has 7 aromatic rings. The standard InChI is InChI=1S/C43H31N3O/c1-26-22-23-44-28(3)40(26)30-20-21-32-31-14-7-8-16-34(31)43(37(32)25-30)35-17-9-10-19-39(35)47-41-33(15-11-18-36(41)43)42-45-27(2)24-38(46-42)29-12-5-4-6-13-29/h4-25H,1-3H3. The van der Waals surface area contributed by atoms with Crippen molar-refractivity contribution in [2.24, 2.45) is 0 Å². The molecule has 4 heteroatoms. The summed E-state index contributed by atoms with van der Waals surface area (Å²) in [6.45, 7) is 6.29. The van der Waals surface area contributed by atoms with E-state index >= 15 is 0 Å². The molecule has 47 heavy (non-hydrogen) atoms. The molecule has 224 valence electrons. The molecule has 2 aliphatic rings. The summed E-state index contributed by atoms with van der Waals surface area (Å²) in [4.78, 5) is 14.8. The quantitative estimate of drug-likeness (QED) is 0.201. The predicted octanol–water partition coefficient (Wildman–Crippen LogP) is 10.3. The lowest BCUT2D eigenvalue weighted by atomic mass is 9.65. The number of aromatic nitrogens is 3. The van der Waals surface area contributed by atoms with Crippen LogP contribution in [0.5, 0.6) is 11.5 Å². The Kier molecular flexibility index (Phi) is 6.03. The normalized spacial score (nSPS) is 15.4. The molecule has 2 aromatic heterocycles. The van der Waals surface area contributed by atoms with Gasteiger partial charge in [-0.05, 0) is 84.5 Å². The van der Waals surface area contributed by atoms with Gasteiger partial charge in [-0.3, -0.25) is 4.98 Å². The third-order valence-corrected chi connectivity index (χ3v) is 9.77. The van der Waals surface area contributed by atoms with Gasteiger partial charge >= 0.3 is 0 Å². The number of ether oxygens (including phenoxy) is 1. The first-order chi connectivity index (χ1) is 23.0. The number of para-hydroxylation sites is 2. The summed E-state index contributed by atoms with van der Waals surface area (Å²) >= 11 is 0. The van der Waals surface area contributed by atoms with E-state index < -0.39 is 5.41 Å². The van der Waals surface area contributed by atoms with Crippen LogP contribution in [0.3, 0.4) is 0 Å². The summed E-state index contributed by atoms with van der Waals surface area (Å²) in [7, 11) is 0. The minimum Gasteiger partial charge on any atom is -0.456 e. The Morgan fingerprint density at radius 2 is 1.28 bits per heavy atom. The molecule has 1 unspecified atom stereocenters. The van der Waals surface area contributed by atoms with Crippen LogP contribution in [-0.4, -0.2) is 15.0 Å². The number of hydrogen-bond acceptors (Lipinski definition) is 4. The summed E-state index contributed by atoms with van der Waals surface area (Å²) in [6, 6.07) is 45.1. The van der Waals surface area contributed by atoms with Gasteiger partial charge in [0, 0.05) is 39.8 Å². The molecule has 0 saturated carbocycles. The van der Waals surface area contributed by atoms with Crippen molar-refractivity contribution in [3.05, 3.63) is 173 Å². The van der Waals surface area contributed by atoms with Crippen LogP contribution >= 0.6 is 0 Å². The Morgan fingerprint density at radius 3 is 2.13 bits per heavy atom. The fourth-order valence-electron chi connectivity index (χ4n) is 7.83. The molecule has 9 rings (SSSR count). The SMILES string of the molecule is Cc1cc(-c2ccccc2)nc(-c2cccc3c2Oc2ccccc2C32c3ccccc3-c3ccc(-c4c(C)ccnc4C)cc32)n1. The van der Waals surface area contributed by atoms with Crippen molar-refractivity contribution in [3.8, 4) is 56.4 Å². The number of benzene rings is 5. The van der Waals surface area contributed by atoms with E-state index in [0.717, 1.165) is 56.4 Å². The van der Waals surface area contributed by atoms with Crippen LogP contribution in [0, 0.1) is 20.8 Å². The van der Waals surface area contributed by atoms with Gasteiger partial charge in [-0.15, -0.1) is 0 Å². The summed E-state index contributed by atoms with van der Waals surface area (Å²) in [6.07, 6.45) is 1.89. The molecule has 1 aliphatic carbocycles. The van der Waals surface area contributed by atoms with Gasteiger partial charge in [0.2, 0.25) is 0 Å². The number of fused-ring (bicyclic) bond motifs is 9. The second kappa shape index (κ2) is 10.3. The van der Waals surface area contributed by atoms with Gasteiger partial charge in [0.1, 0.15) is 11.5 Å². The Bertz CT molecular complexity index is 2360. The van der Waals surface area contributed by atoms with Crippen LogP contribution < -0.4 is 4.74 Å². The van der Waals surface area contributed by atoms with Crippen molar-refractivity contribution >= 4 is 0 Å². The second-order valence-corrected chi connectivity index (χ2v) is 12.5. The zero-order chi connectivity index (χ0) is 31.7. The first-order valence-corrected chi connectivity index (χ1v) is 16.0. The van der Waals surface area contributed by atoms with E-state index in [4.69, 9.17) is 14.7 Å². The van der Waals surface area contributed by atoms with Gasteiger partial charge in [0.25, 0.3) is 0 Å². The average molecular weight is 606 g/mol. The van der Waals surface area contributed by atoms with Gasteiger partial charge in [0.15, 0.2) is 5.82 Å². The van der Waals surface area contributed by atoms with E-state index in [1.54, 1.807) is 0 Å². The Hall–Kier alpha value is -5.87. The molecule has 0 bridgehead atoms. The molecule has 0 radical (unpaired) electrons. The molecular formula is C43H31N3O. The monoisotopic (exact) mass is 605 g/mol. The van der Waals surface area contributed by atoms with Crippen LogP contribution in [0.1, 0.15) is 39.2 Å². The van der Waals surface area contributed by atoms with Crippen LogP contribution in [0.2, 0.25) is 0 Å². The Balaban J connectivity index is 1.36. The van der Waals surface area contributed by atoms with Crippen molar-refractivity contribution < 1.29 is 4.74 Å². The first kappa shape index (κ1) is 27.4. The Morgan fingerprint density at radius 1 is 0.553 bits per heavy atom. The Labute approximate surface area is 274 Å². The van der Waals surface area contributed by atoms with Gasteiger partial charge in [-0.25, -0.2) is 9.97 Å². The van der Waals surface area contributed by atoms with Gasteiger partial charge < -0.3 is 4.74 Å². The molecule has 1 spiro atoms. The summed E-state index contributed by atoms with van der Waals surface area (Å²) in [5, 5.41) is 0. The van der Waals surface area contributed by atoms with Gasteiger partial charge in [-0.2, -0.15) is 0 Å². The van der Waals surface area contributed by atoms with E-state index in [2.05, 4.69) is 122 Å². The topological polar surface area (TPSA) is 47.9 Å². The van der Waals surface area contributed by atoms with Crippen LogP contribution in [0.15, 0.2) is 134 Å². The lowest BCUT2D eigenvalue weighted by Gasteiger charge is -2.40. The van der Waals surface area contributed by atoms with E-state index in [1.807, 2.05) is 37.4 Å². The lowest BCUT2D eigenvalue weighted by molar-refractivity contribution is 0.437. The molecule has 4 nitrogen and oxygen atoms in total. The second-order valence-electron chi connectivity index (χ2n) is 12.5. The molecule has 0 fully saturated rings. The third kappa shape index (κ3) is 3.98. The lowest BCUT2D eigenvalue weighted by Crippen LogP contribution is -2.32. The van der Waals surface area contributed by atoms with Crippen molar-refractivity contribution in [2.45, 2.75) is 26.2 Å². The van der Waals surface area contributed by atoms with E-state index in [9.17, 15) is 0 Å². The molecule has 1 atom stereocenters. The van der Waals surface area contributed by atoms with Gasteiger partial charge in [-0.1, -0.05) is 97.1 Å². The van der Waals surface area contributed by atoms with E-state index in [1.165, 1.54) is 33.4 Å². The molecule has 5 aromatic carbocycles. The minimum absolute atomic E-state index is 0.613. The van der Waals surface area contributed by atoms with Crippen molar-refractivity contribution in [1.82, 2.24) is 15.0 Å². The molecular weight excluding hydrogens is 574 g/mol.